The van der Waals surface area contributed by atoms with Gasteiger partial charge in [0, 0.05) is 12.7 Å². The van der Waals surface area contributed by atoms with E-state index in [9.17, 15) is 5.11 Å². The number of hydrogen-bond donors (Lipinski definition) is 2. The molecule has 6 heteroatoms. The Bertz CT molecular complexity index is 562. The van der Waals surface area contributed by atoms with E-state index in [1.54, 1.807) is 11.7 Å². The summed E-state index contributed by atoms with van der Waals surface area (Å²) in [5.74, 6) is 0.485. The molecular formula is C11H13N3O2S. The van der Waals surface area contributed by atoms with Crippen LogP contribution in [-0.2, 0) is 18.0 Å². The standard InChI is InChI=1S/C11H13N3O2S/c1-16-7-8-4-2-3-5-9(8)14-10(6-15)12-13-11(14)17/h2-5,15H,6-7H2,1H3,(H,13,17). The van der Waals surface area contributed by atoms with E-state index in [4.69, 9.17) is 17.0 Å². The van der Waals surface area contributed by atoms with E-state index in [-0.39, 0.29) is 6.61 Å². The maximum Gasteiger partial charge on any atom is 0.199 e. The molecule has 5 nitrogen and oxygen atoms in total. The number of aromatic nitrogens is 3. The van der Waals surface area contributed by atoms with Crippen LogP contribution in [-0.4, -0.2) is 27.0 Å². The van der Waals surface area contributed by atoms with Crippen molar-refractivity contribution in [1.29, 1.82) is 0 Å². The second kappa shape index (κ2) is 5.22. The number of aliphatic hydroxyl groups excluding tert-OH is 1. The highest BCUT2D eigenvalue weighted by Gasteiger charge is 2.10. The molecule has 0 saturated heterocycles. The molecule has 0 aliphatic heterocycles. The van der Waals surface area contributed by atoms with Gasteiger partial charge in [0.05, 0.1) is 12.3 Å². The van der Waals surface area contributed by atoms with Crippen LogP contribution >= 0.6 is 12.2 Å². The third kappa shape index (κ3) is 2.28. The molecule has 2 N–H and O–H groups in total. The highest BCUT2D eigenvalue weighted by molar-refractivity contribution is 7.71. The fourth-order valence-corrected chi connectivity index (χ4v) is 1.94. The summed E-state index contributed by atoms with van der Waals surface area (Å²) < 4.78 is 7.31. The largest absolute Gasteiger partial charge is 0.388 e. The van der Waals surface area contributed by atoms with E-state index in [0.29, 0.717) is 17.2 Å². The van der Waals surface area contributed by atoms with Crippen molar-refractivity contribution >= 4 is 12.2 Å². The lowest BCUT2D eigenvalue weighted by molar-refractivity contribution is 0.184. The van der Waals surface area contributed by atoms with Crippen LogP contribution in [0, 0.1) is 4.77 Å². The molecule has 0 saturated carbocycles. The van der Waals surface area contributed by atoms with Gasteiger partial charge in [-0.15, -0.1) is 0 Å². The summed E-state index contributed by atoms with van der Waals surface area (Å²) in [6, 6.07) is 7.71. The topological polar surface area (TPSA) is 63.1 Å². The van der Waals surface area contributed by atoms with Crippen LogP contribution in [0.2, 0.25) is 0 Å². The van der Waals surface area contributed by atoms with Gasteiger partial charge in [-0.1, -0.05) is 18.2 Å². The first-order chi connectivity index (χ1) is 8.27. The average molecular weight is 251 g/mol. The van der Waals surface area contributed by atoms with Crippen molar-refractivity contribution in [3.05, 3.63) is 40.4 Å². The molecular weight excluding hydrogens is 238 g/mol. The Balaban J connectivity index is 2.59. The SMILES string of the molecule is COCc1ccccc1-n1c(CO)n[nH]c1=S. The lowest BCUT2D eigenvalue weighted by Gasteiger charge is -2.10. The second-order valence-electron chi connectivity index (χ2n) is 3.50. The maximum absolute atomic E-state index is 9.23. The van der Waals surface area contributed by atoms with Crippen molar-refractivity contribution in [2.24, 2.45) is 0 Å². The lowest BCUT2D eigenvalue weighted by Crippen LogP contribution is -2.05. The number of aromatic amines is 1. The van der Waals surface area contributed by atoms with Crippen LogP contribution in [0.25, 0.3) is 5.69 Å². The number of nitrogens with zero attached hydrogens (tertiary/aromatic N) is 2. The van der Waals surface area contributed by atoms with Crippen molar-refractivity contribution in [3.63, 3.8) is 0 Å². The zero-order valence-corrected chi connectivity index (χ0v) is 10.2. The minimum atomic E-state index is -0.172. The molecule has 1 aromatic heterocycles. The van der Waals surface area contributed by atoms with Gasteiger partial charge in [0.25, 0.3) is 0 Å². The van der Waals surface area contributed by atoms with Gasteiger partial charge in [0.15, 0.2) is 10.6 Å². The van der Waals surface area contributed by atoms with Gasteiger partial charge in [0.1, 0.15) is 6.61 Å². The summed E-state index contributed by atoms with van der Waals surface area (Å²) in [6.45, 7) is 0.308. The Morgan fingerprint density at radius 1 is 1.47 bits per heavy atom. The zero-order chi connectivity index (χ0) is 12.3. The van der Waals surface area contributed by atoms with Gasteiger partial charge >= 0.3 is 0 Å². The maximum atomic E-state index is 9.23. The summed E-state index contributed by atoms with van der Waals surface area (Å²) in [4.78, 5) is 0. The number of aliphatic hydroxyl groups is 1. The Hall–Kier alpha value is -1.50. The zero-order valence-electron chi connectivity index (χ0n) is 9.38. The van der Waals surface area contributed by atoms with Crippen molar-refractivity contribution in [1.82, 2.24) is 14.8 Å². The van der Waals surface area contributed by atoms with Crippen molar-refractivity contribution in [2.75, 3.05) is 7.11 Å². The van der Waals surface area contributed by atoms with Crippen LogP contribution in [0.5, 0.6) is 0 Å². The highest BCUT2D eigenvalue weighted by Crippen LogP contribution is 2.17. The van der Waals surface area contributed by atoms with E-state index in [0.717, 1.165) is 11.3 Å². The molecule has 17 heavy (non-hydrogen) atoms. The van der Waals surface area contributed by atoms with Crippen LogP contribution in [0.3, 0.4) is 0 Å². The average Bonchev–Trinajstić information content (AvgIpc) is 2.72. The van der Waals surface area contributed by atoms with Gasteiger partial charge in [-0.25, -0.2) is 0 Å². The van der Waals surface area contributed by atoms with Gasteiger partial charge in [-0.2, -0.15) is 5.10 Å². The summed E-state index contributed by atoms with van der Waals surface area (Å²) in [7, 11) is 1.64. The summed E-state index contributed by atoms with van der Waals surface area (Å²) in [5, 5.41) is 15.9. The smallest absolute Gasteiger partial charge is 0.199 e. The first-order valence-electron chi connectivity index (χ1n) is 5.12. The number of methoxy groups -OCH3 is 1. The van der Waals surface area contributed by atoms with E-state index >= 15 is 0 Å². The molecule has 0 atom stereocenters. The number of rotatable bonds is 4. The summed E-state index contributed by atoms with van der Waals surface area (Å²) in [6.07, 6.45) is 0. The quantitative estimate of drug-likeness (QED) is 0.810. The highest BCUT2D eigenvalue weighted by atomic mass is 32.1. The monoisotopic (exact) mass is 251 g/mol. The van der Waals surface area contributed by atoms with Gasteiger partial charge < -0.3 is 9.84 Å². The van der Waals surface area contributed by atoms with Crippen LogP contribution in [0.4, 0.5) is 0 Å². The van der Waals surface area contributed by atoms with Crippen LogP contribution < -0.4 is 0 Å². The van der Waals surface area contributed by atoms with E-state index in [1.165, 1.54) is 0 Å². The Morgan fingerprint density at radius 2 is 2.24 bits per heavy atom. The number of nitrogens with one attached hydrogen (secondary N) is 1. The van der Waals surface area contributed by atoms with Crippen molar-refractivity contribution in [3.8, 4) is 5.69 Å². The van der Waals surface area contributed by atoms with Gasteiger partial charge in [0.2, 0.25) is 0 Å². The minimum Gasteiger partial charge on any atom is -0.388 e. The summed E-state index contributed by atoms with van der Waals surface area (Å²) >= 11 is 5.16. The third-order valence-electron chi connectivity index (χ3n) is 2.42. The number of H-pyrrole nitrogens is 1. The van der Waals surface area contributed by atoms with E-state index < -0.39 is 0 Å². The molecule has 0 aliphatic carbocycles. The second-order valence-corrected chi connectivity index (χ2v) is 3.89. The predicted octanol–water partition coefficient (Wildman–Crippen LogP) is 1.57. The molecule has 0 fully saturated rings. The number of hydrogen-bond acceptors (Lipinski definition) is 4. The molecule has 0 radical (unpaired) electrons. The number of benzene rings is 1. The van der Waals surface area contributed by atoms with E-state index in [2.05, 4.69) is 10.2 Å². The minimum absolute atomic E-state index is 0.172. The number of ether oxygens (including phenoxy) is 1. The molecule has 2 aromatic rings. The van der Waals surface area contributed by atoms with Crippen molar-refractivity contribution in [2.45, 2.75) is 13.2 Å². The fourth-order valence-electron chi connectivity index (χ4n) is 1.69. The van der Waals surface area contributed by atoms with Crippen LogP contribution in [0.1, 0.15) is 11.4 Å². The normalized spacial score (nSPS) is 10.7. The molecule has 90 valence electrons. The molecule has 1 aromatic carbocycles. The number of para-hydroxylation sites is 1. The first-order valence-corrected chi connectivity index (χ1v) is 5.53. The van der Waals surface area contributed by atoms with Gasteiger partial charge in [-0.3, -0.25) is 9.67 Å². The fraction of sp³-hybridized carbons (Fsp3) is 0.273. The van der Waals surface area contributed by atoms with Gasteiger partial charge in [-0.05, 0) is 18.3 Å². The molecule has 0 amide bonds. The Labute approximate surface area is 104 Å². The van der Waals surface area contributed by atoms with E-state index in [1.807, 2.05) is 24.3 Å². The first kappa shape index (κ1) is 12.0. The summed E-state index contributed by atoms with van der Waals surface area (Å²) in [5.41, 5.74) is 1.86. The molecule has 2 rings (SSSR count). The molecule has 0 aliphatic rings. The molecule has 0 unspecified atom stereocenters. The molecule has 1 heterocycles. The molecule has 0 bridgehead atoms. The Morgan fingerprint density at radius 3 is 2.94 bits per heavy atom. The predicted molar refractivity (Wildman–Crippen MR) is 65.4 cm³/mol. The Kier molecular flexibility index (Phi) is 3.68. The molecule has 0 spiro atoms. The third-order valence-corrected chi connectivity index (χ3v) is 2.69. The van der Waals surface area contributed by atoms with Crippen molar-refractivity contribution < 1.29 is 9.84 Å². The lowest BCUT2D eigenvalue weighted by atomic mass is 10.2. The van der Waals surface area contributed by atoms with Crippen LogP contribution in [0.15, 0.2) is 24.3 Å².